The van der Waals surface area contributed by atoms with Crippen LogP contribution in [0.1, 0.15) is 15.9 Å². The number of ketones is 1. The summed E-state index contributed by atoms with van der Waals surface area (Å²) in [6.07, 6.45) is 0.193. The topological polar surface area (TPSA) is 17.1 Å². The third-order valence-corrected chi connectivity index (χ3v) is 4.27. The molecule has 0 amide bonds. The second kappa shape index (κ2) is 5.29. The van der Waals surface area contributed by atoms with Crippen molar-refractivity contribution in [3.05, 3.63) is 55.4 Å². The number of hydrogen-bond acceptors (Lipinski definition) is 2. The molecule has 1 aromatic heterocycles. The first-order chi connectivity index (χ1) is 8.09. The zero-order valence-corrected chi connectivity index (χ0v) is 11.7. The molecule has 0 aliphatic heterocycles. The van der Waals surface area contributed by atoms with Crippen LogP contribution in [-0.4, -0.2) is 5.78 Å². The third kappa shape index (κ3) is 2.76. The SMILES string of the molecule is O=C(Cc1ccsc1)c1ccc(Br)c(Cl)c1F. The third-order valence-electron chi connectivity index (χ3n) is 2.28. The van der Waals surface area contributed by atoms with E-state index < -0.39 is 5.82 Å². The second-order valence-electron chi connectivity index (χ2n) is 3.45. The van der Waals surface area contributed by atoms with Gasteiger partial charge in [0.15, 0.2) is 11.6 Å². The molecule has 0 aliphatic carbocycles. The van der Waals surface area contributed by atoms with Gasteiger partial charge in [-0.3, -0.25) is 4.79 Å². The number of thiophene rings is 1. The lowest BCUT2D eigenvalue weighted by Gasteiger charge is -2.04. The Morgan fingerprint density at radius 3 is 2.82 bits per heavy atom. The number of Topliss-reactive ketones (excluding diaryl/α,β-unsaturated/α-hetero) is 1. The van der Waals surface area contributed by atoms with Gasteiger partial charge in [0.1, 0.15) is 0 Å². The van der Waals surface area contributed by atoms with Crippen molar-refractivity contribution in [2.45, 2.75) is 6.42 Å². The van der Waals surface area contributed by atoms with Crippen LogP contribution in [0.25, 0.3) is 0 Å². The molecule has 1 heterocycles. The van der Waals surface area contributed by atoms with E-state index in [2.05, 4.69) is 15.9 Å². The Bertz CT molecular complexity index is 554. The molecule has 0 aliphatic rings. The number of carbonyl (C=O) groups excluding carboxylic acids is 1. The van der Waals surface area contributed by atoms with E-state index in [0.29, 0.717) is 4.47 Å². The molecule has 0 saturated carbocycles. The molecule has 0 fully saturated rings. The summed E-state index contributed by atoms with van der Waals surface area (Å²) in [6, 6.07) is 4.87. The number of hydrogen-bond donors (Lipinski definition) is 0. The minimum Gasteiger partial charge on any atom is -0.294 e. The number of rotatable bonds is 3. The van der Waals surface area contributed by atoms with E-state index in [1.807, 2.05) is 16.8 Å². The molecule has 1 nitrogen and oxygen atoms in total. The van der Waals surface area contributed by atoms with Gasteiger partial charge in [0, 0.05) is 10.9 Å². The van der Waals surface area contributed by atoms with Crippen molar-refractivity contribution in [1.29, 1.82) is 0 Å². The van der Waals surface area contributed by atoms with Gasteiger partial charge in [-0.1, -0.05) is 11.6 Å². The molecule has 0 N–H and O–H groups in total. The zero-order chi connectivity index (χ0) is 12.4. The van der Waals surface area contributed by atoms with Crippen LogP contribution < -0.4 is 0 Å². The summed E-state index contributed by atoms with van der Waals surface area (Å²) in [5, 5.41) is 3.70. The van der Waals surface area contributed by atoms with Crippen LogP contribution in [0.4, 0.5) is 4.39 Å². The lowest BCUT2D eigenvalue weighted by atomic mass is 10.0. The quantitative estimate of drug-likeness (QED) is 0.586. The van der Waals surface area contributed by atoms with Crippen LogP contribution in [0.2, 0.25) is 5.02 Å². The Kier molecular flexibility index (Phi) is 3.97. The van der Waals surface area contributed by atoms with Gasteiger partial charge >= 0.3 is 0 Å². The molecule has 88 valence electrons. The zero-order valence-electron chi connectivity index (χ0n) is 8.54. The monoisotopic (exact) mass is 332 g/mol. The van der Waals surface area contributed by atoms with Gasteiger partial charge in [0.25, 0.3) is 0 Å². The van der Waals surface area contributed by atoms with E-state index in [1.165, 1.54) is 17.4 Å². The minimum atomic E-state index is -0.665. The van der Waals surface area contributed by atoms with E-state index in [9.17, 15) is 9.18 Å². The summed E-state index contributed by atoms with van der Waals surface area (Å²) in [7, 11) is 0. The molecule has 0 saturated heterocycles. The second-order valence-corrected chi connectivity index (χ2v) is 5.47. The molecule has 2 rings (SSSR count). The van der Waals surface area contributed by atoms with Crippen molar-refractivity contribution in [3.63, 3.8) is 0 Å². The van der Waals surface area contributed by atoms with Gasteiger partial charge in [-0.2, -0.15) is 11.3 Å². The Balaban J connectivity index is 2.29. The molecule has 0 unspecified atom stereocenters. The van der Waals surface area contributed by atoms with E-state index in [-0.39, 0.29) is 22.8 Å². The Hall–Kier alpha value is -0.710. The standard InChI is InChI=1S/C12H7BrClFOS/c13-9-2-1-8(12(15)11(9)14)10(16)5-7-3-4-17-6-7/h1-4,6H,5H2. The van der Waals surface area contributed by atoms with Crippen LogP contribution in [0.3, 0.4) is 0 Å². The summed E-state index contributed by atoms with van der Waals surface area (Å²) < 4.78 is 14.2. The van der Waals surface area contributed by atoms with Crippen molar-refractivity contribution in [2.24, 2.45) is 0 Å². The van der Waals surface area contributed by atoms with Crippen molar-refractivity contribution in [2.75, 3.05) is 0 Å². The van der Waals surface area contributed by atoms with Gasteiger partial charge in [0.05, 0.1) is 10.6 Å². The van der Waals surface area contributed by atoms with Gasteiger partial charge < -0.3 is 0 Å². The first-order valence-electron chi connectivity index (χ1n) is 4.77. The first kappa shape index (κ1) is 12.7. The number of halogens is 3. The highest BCUT2D eigenvalue weighted by Gasteiger charge is 2.16. The van der Waals surface area contributed by atoms with Crippen LogP contribution >= 0.6 is 38.9 Å². The van der Waals surface area contributed by atoms with Crippen LogP contribution in [0.15, 0.2) is 33.4 Å². The summed E-state index contributed by atoms with van der Waals surface area (Å²) in [4.78, 5) is 11.9. The highest BCUT2D eigenvalue weighted by molar-refractivity contribution is 9.10. The molecule has 0 bridgehead atoms. The van der Waals surface area contributed by atoms with Crippen molar-refractivity contribution >= 4 is 44.7 Å². The van der Waals surface area contributed by atoms with Crippen LogP contribution in [0, 0.1) is 5.82 Å². The predicted octanol–water partition coefficient (Wildman–Crippen LogP) is 4.73. The summed E-state index contributed by atoms with van der Waals surface area (Å²) in [6.45, 7) is 0. The van der Waals surface area contributed by atoms with E-state index in [1.54, 1.807) is 6.07 Å². The van der Waals surface area contributed by atoms with Gasteiger partial charge in [0.2, 0.25) is 0 Å². The van der Waals surface area contributed by atoms with E-state index >= 15 is 0 Å². The highest BCUT2D eigenvalue weighted by atomic mass is 79.9. The first-order valence-corrected chi connectivity index (χ1v) is 6.88. The molecule has 2 aromatic rings. The van der Waals surface area contributed by atoms with Crippen LogP contribution in [0.5, 0.6) is 0 Å². The Morgan fingerprint density at radius 2 is 2.18 bits per heavy atom. The lowest BCUT2D eigenvalue weighted by molar-refractivity contribution is 0.0989. The maximum absolute atomic E-state index is 13.8. The normalized spacial score (nSPS) is 10.5. The van der Waals surface area contributed by atoms with Crippen molar-refractivity contribution in [1.82, 2.24) is 0 Å². The fraction of sp³-hybridized carbons (Fsp3) is 0.0833. The molecular weight excluding hydrogens is 327 g/mol. The van der Waals surface area contributed by atoms with Crippen molar-refractivity contribution in [3.8, 4) is 0 Å². The molecule has 1 aromatic carbocycles. The maximum atomic E-state index is 13.8. The fourth-order valence-electron chi connectivity index (χ4n) is 1.42. The van der Waals surface area contributed by atoms with Gasteiger partial charge in [-0.15, -0.1) is 0 Å². The van der Waals surface area contributed by atoms with Gasteiger partial charge in [-0.05, 0) is 50.5 Å². The Morgan fingerprint density at radius 1 is 1.41 bits per heavy atom. The highest BCUT2D eigenvalue weighted by Crippen LogP contribution is 2.28. The Labute approximate surface area is 115 Å². The summed E-state index contributed by atoms with van der Waals surface area (Å²) >= 11 is 10.4. The largest absolute Gasteiger partial charge is 0.294 e. The average Bonchev–Trinajstić information content (AvgIpc) is 2.78. The number of carbonyl (C=O) groups is 1. The smallest absolute Gasteiger partial charge is 0.170 e. The van der Waals surface area contributed by atoms with E-state index in [0.717, 1.165) is 5.56 Å². The predicted molar refractivity (Wildman–Crippen MR) is 71.5 cm³/mol. The minimum absolute atomic E-state index is 0.0319. The molecule has 0 radical (unpaired) electrons. The average molecular weight is 334 g/mol. The maximum Gasteiger partial charge on any atom is 0.170 e. The molecule has 5 heteroatoms. The van der Waals surface area contributed by atoms with E-state index in [4.69, 9.17) is 11.6 Å². The molecule has 0 atom stereocenters. The summed E-state index contributed by atoms with van der Waals surface area (Å²) in [5.41, 5.74) is 0.919. The summed E-state index contributed by atoms with van der Waals surface area (Å²) in [5.74, 6) is -0.934. The lowest BCUT2D eigenvalue weighted by Crippen LogP contribution is -2.06. The molecule has 17 heavy (non-hydrogen) atoms. The molecule has 0 spiro atoms. The number of benzene rings is 1. The van der Waals surface area contributed by atoms with Crippen LogP contribution in [-0.2, 0) is 6.42 Å². The van der Waals surface area contributed by atoms with Crippen molar-refractivity contribution < 1.29 is 9.18 Å². The van der Waals surface area contributed by atoms with Gasteiger partial charge in [-0.25, -0.2) is 4.39 Å². The molecular formula is C12H7BrClFOS. The fourth-order valence-corrected chi connectivity index (χ4v) is 2.55.